The summed E-state index contributed by atoms with van der Waals surface area (Å²) in [5.41, 5.74) is 2.71. The molecule has 0 saturated heterocycles. The molecular weight excluding hydrogens is 442 g/mol. The number of nitrogens with zero attached hydrogens (tertiary/aromatic N) is 2. The predicted molar refractivity (Wildman–Crippen MR) is 130 cm³/mol. The molecule has 2 amide bonds. The molecule has 0 heterocycles. The third-order valence-corrected chi connectivity index (χ3v) is 6.49. The fraction of sp³-hybridized carbons (Fsp3) is 0.417. The fourth-order valence-corrected chi connectivity index (χ4v) is 4.61. The summed E-state index contributed by atoms with van der Waals surface area (Å²) in [6.45, 7) is 7.16. The summed E-state index contributed by atoms with van der Waals surface area (Å²) >= 11 is 0. The molecule has 1 atom stereocenters. The lowest BCUT2D eigenvalue weighted by Gasteiger charge is -2.32. The summed E-state index contributed by atoms with van der Waals surface area (Å²) in [7, 11) is -2.22. The maximum atomic E-state index is 13.5. The molecule has 2 rings (SSSR count). The average Bonchev–Trinajstić information content (AvgIpc) is 2.75. The lowest BCUT2D eigenvalue weighted by molar-refractivity contribution is -0.139. The van der Waals surface area contributed by atoms with Crippen molar-refractivity contribution in [1.82, 2.24) is 10.2 Å². The van der Waals surface area contributed by atoms with Crippen molar-refractivity contribution in [2.45, 2.75) is 40.3 Å². The van der Waals surface area contributed by atoms with Gasteiger partial charge in [0.05, 0.1) is 19.1 Å². The van der Waals surface area contributed by atoms with Crippen LogP contribution >= 0.6 is 0 Å². The second-order valence-corrected chi connectivity index (χ2v) is 9.86. The summed E-state index contributed by atoms with van der Waals surface area (Å²) in [4.78, 5) is 27.5. The second kappa shape index (κ2) is 11.2. The van der Waals surface area contributed by atoms with Crippen molar-refractivity contribution in [3.63, 3.8) is 0 Å². The molecule has 1 N–H and O–H groups in total. The van der Waals surface area contributed by atoms with E-state index in [9.17, 15) is 18.0 Å². The number of nitrogens with one attached hydrogen (secondary N) is 1. The number of rotatable bonds is 10. The van der Waals surface area contributed by atoms with Gasteiger partial charge >= 0.3 is 0 Å². The van der Waals surface area contributed by atoms with Crippen LogP contribution in [0, 0.1) is 13.8 Å². The molecule has 2 aromatic carbocycles. The van der Waals surface area contributed by atoms with E-state index in [1.54, 1.807) is 65.1 Å². The van der Waals surface area contributed by atoms with Crippen molar-refractivity contribution >= 4 is 27.5 Å². The zero-order chi connectivity index (χ0) is 24.8. The quantitative estimate of drug-likeness (QED) is 0.570. The summed E-state index contributed by atoms with van der Waals surface area (Å²) in [6.07, 6.45) is 1.08. The Labute approximate surface area is 196 Å². The molecular formula is C24H33N3O5S. The summed E-state index contributed by atoms with van der Waals surface area (Å²) in [5.74, 6) is -0.171. The van der Waals surface area contributed by atoms with Crippen molar-refractivity contribution in [3.05, 3.63) is 59.2 Å². The normalized spacial score (nSPS) is 12.1. The number of benzene rings is 2. The van der Waals surface area contributed by atoms with Crippen LogP contribution in [0.5, 0.6) is 5.75 Å². The molecule has 8 nitrogen and oxygen atoms in total. The number of ether oxygens (including phenoxy) is 1. The minimum absolute atomic E-state index is 0.124. The van der Waals surface area contributed by atoms with Gasteiger partial charge in [0, 0.05) is 13.1 Å². The van der Waals surface area contributed by atoms with E-state index in [1.807, 2.05) is 12.1 Å². The van der Waals surface area contributed by atoms with Crippen molar-refractivity contribution in [2.24, 2.45) is 0 Å². The van der Waals surface area contributed by atoms with Crippen LogP contribution in [0.3, 0.4) is 0 Å². The Bertz CT molecular complexity index is 1080. The molecule has 0 radical (unpaired) electrons. The number of methoxy groups -OCH3 is 1. The number of amides is 2. The number of hydrogen-bond donors (Lipinski definition) is 1. The highest BCUT2D eigenvalue weighted by atomic mass is 32.2. The van der Waals surface area contributed by atoms with Gasteiger partial charge in [-0.05, 0) is 56.5 Å². The van der Waals surface area contributed by atoms with Gasteiger partial charge in [-0.25, -0.2) is 8.42 Å². The van der Waals surface area contributed by atoms with E-state index in [-0.39, 0.29) is 12.5 Å². The van der Waals surface area contributed by atoms with Crippen molar-refractivity contribution in [3.8, 4) is 5.75 Å². The zero-order valence-electron chi connectivity index (χ0n) is 20.1. The molecule has 0 fully saturated rings. The largest absolute Gasteiger partial charge is 0.497 e. The maximum Gasteiger partial charge on any atom is 0.244 e. The van der Waals surface area contributed by atoms with Gasteiger partial charge in [0.2, 0.25) is 21.8 Å². The van der Waals surface area contributed by atoms with Gasteiger partial charge < -0.3 is 15.0 Å². The second-order valence-electron chi connectivity index (χ2n) is 7.95. The molecule has 0 aliphatic heterocycles. The van der Waals surface area contributed by atoms with Crippen LogP contribution in [0.1, 0.15) is 30.5 Å². The number of aryl methyl sites for hydroxylation is 2. The molecule has 0 aromatic heterocycles. The van der Waals surface area contributed by atoms with Crippen molar-refractivity contribution < 1.29 is 22.7 Å². The lowest BCUT2D eigenvalue weighted by atomic mass is 10.1. The number of anilines is 1. The fourth-order valence-electron chi connectivity index (χ4n) is 3.65. The monoisotopic (exact) mass is 475 g/mol. The van der Waals surface area contributed by atoms with Crippen molar-refractivity contribution in [1.29, 1.82) is 0 Å². The van der Waals surface area contributed by atoms with Gasteiger partial charge in [-0.1, -0.05) is 30.3 Å². The smallest absolute Gasteiger partial charge is 0.244 e. The van der Waals surface area contributed by atoms with Crippen LogP contribution in [-0.2, 0) is 26.2 Å². The molecule has 0 bridgehead atoms. The maximum absolute atomic E-state index is 13.5. The number of likely N-dealkylation sites (N-methyl/N-ethyl adjacent to an activating group) is 1. The van der Waals surface area contributed by atoms with Crippen LogP contribution in [0.15, 0.2) is 42.5 Å². The minimum Gasteiger partial charge on any atom is -0.497 e. The van der Waals surface area contributed by atoms with Gasteiger partial charge in [0.1, 0.15) is 18.3 Å². The predicted octanol–water partition coefficient (Wildman–Crippen LogP) is 2.63. The Morgan fingerprint density at radius 1 is 1.09 bits per heavy atom. The first-order chi connectivity index (χ1) is 15.5. The highest BCUT2D eigenvalue weighted by Crippen LogP contribution is 2.27. The minimum atomic E-state index is -3.77. The summed E-state index contributed by atoms with van der Waals surface area (Å²) < 4.78 is 31.8. The lowest BCUT2D eigenvalue weighted by Crippen LogP contribution is -2.51. The molecule has 0 aliphatic rings. The zero-order valence-corrected chi connectivity index (χ0v) is 20.9. The van der Waals surface area contributed by atoms with Crippen LogP contribution in [-0.4, -0.2) is 57.6 Å². The number of hydrogen-bond acceptors (Lipinski definition) is 5. The molecule has 0 spiro atoms. The highest BCUT2D eigenvalue weighted by molar-refractivity contribution is 7.92. The topological polar surface area (TPSA) is 96.0 Å². The summed E-state index contributed by atoms with van der Waals surface area (Å²) in [6, 6.07) is 11.8. The number of carbonyl (C=O) groups excluding carboxylic acids is 2. The van der Waals surface area contributed by atoms with E-state index >= 15 is 0 Å². The van der Waals surface area contributed by atoms with E-state index in [4.69, 9.17) is 4.74 Å². The molecule has 2 aromatic rings. The van der Waals surface area contributed by atoms with E-state index in [0.717, 1.165) is 27.3 Å². The van der Waals surface area contributed by atoms with E-state index in [2.05, 4.69) is 5.32 Å². The highest BCUT2D eigenvalue weighted by Gasteiger charge is 2.31. The Hall–Kier alpha value is -3.07. The van der Waals surface area contributed by atoms with Gasteiger partial charge in [-0.2, -0.15) is 0 Å². The molecule has 0 aliphatic carbocycles. The molecule has 33 heavy (non-hydrogen) atoms. The molecule has 0 unspecified atom stereocenters. The first kappa shape index (κ1) is 26.2. The number of sulfonamides is 1. The van der Waals surface area contributed by atoms with Gasteiger partial charge in [-0.15, -0.1) is 0 Å². The standard InChI is InChI=1S/C24H33N3O5S/c1-7-25-24(29)19(4)26(15-20-12-9-13-21(14-20)32-5)22(28)16-27(33(6,30)31)23-17(2)10-8-11-18(23)3/h8-14,19H,7,15-16H2,1-6H3,(H,25,29)/t19-/m0/s1. The average molecular weight is 476 g/mol. The third-order valence-electron chi connectivity index (χ3n) is 5.37. The Kier molecular flexibility index (Phi) is 8.87. The Morgan fingerprint density at radius 3 is 2.24 bits per heavy atom. The molecule has 9 heteroatoms. The first-order valence-corrected chi connectivity index (χ1v) is 12.6. The van der Waals surface area contributed by atoms with Crippen LogP contribution < -0.4 is 14.4 Å². The molecule has 180 valence electrons. The van der Waals surface area contributed by atoms with E-state index < -0.39 is 28.5 Å². The number of carbonyl (C=O) groups is 2. The molecule has 0 saturated carbocycles. The summed E-state index contributed by atoms with van der Waals surface area (Å²) in [5, 5.41) is 2.73. The first-order valence-electron chi connectivity index (χ1n) is 10.7. The third kappa shape index (κ3) is 6.71. The van der Waals surface area contributed by atoms with Crippen LogP contribution in [0.2, 0.25) is 0 Å². The Balaban J connectivity index is 2.45. The Morgan fingerprint density at radius 2 is 1.70 bits per heavy atom. The van der Waals surface area contributed by atoms with Crippen molar-refractivity contribution in [2.75, 3.05) is 30.8 Å². The number of para-hydroxylation sites is 1. The SMILES string of the molecule is CCNC(=O)[C@H](C)N(Cc1cccc(OC)c1)C(=O)CN(c1c(C)cccc1C)S(C)(=O)=O. The van der Waals surface area contributed by atoms with Gasteiger partial charge in [-0.3, -0.25) is 13.9 Å². The van der Waals surface area contributed by atoms with E-state index in [1.165, 1.54) is 4.90 Å². The van der Waals surface area contributed by atoms with Gasteiger partial charge in [0.15, 0.2) is 0 Å². The van der Waals surface area contributed by atoms with Crippen LogP contribution in [0.25, 0.3) is 0 Å². The van der Waals surface area contributed by atoms with Crippen LogP contribution in [0.4, 0.5) is 5.69 Å². The van der Waals surface area contributed by atoms with E-state index in [0.29, 0.717) is 18.0 Å². The van der Waals surface area contributed by atoms with Gasteiger partial charge in [0.25, 0.3) is 0 Å².